The van der Waals surface area contributed by atoms with Gasteiger partial charge < -0.3 is 9.42 Å². The molecule has 0 rings (SSSR count). The van der Waals surface area contributed by atoms with Crippen molar-refractivity contribution in [2.75, 3.05) is 13.4 Å². The Morgan fingerprint density at radius 3 is 2.12 bits per heavy atom. The van der Waals surface area contributed by atoms with Gasteiger partial charge in [-0.15, -0.1) is 0 Å². The second-order valence-corrected chi connectivity index (χ2v) is 4.87. The van der Waals surface area contributed by atoms with Crippen LogP contribution in [0.1, 0.15) is 0 Å². The Bertz CT molecular complexity index is 89.3. The minimum atomic E-state index is -3.49. The minimum Gasteiger partial charge on any atom is -0.770 e. The largest absolute Gasteiger partial charge is 1.00 e. The van der Waals surface area contributed by atoms with Crippen molar-refractivity contribution in [2.45, 2.75) is 0 Å². The normalized spacial score (nSPS) is 16.4. The molecule has 0 radical (unpaired) electrons. The Kier molecular flexibility index (Phi) is 8.08. The van der Waals surface area contributed by atoms with Crippen molar-refractivity contribution in [2.24, 2.45) is 0 Å². The molecule has 0 saturated heterocycles. The Morgan fingerprint density at radius 1 is 1.75 bits per heavy atom. The maximum atomic E-state index is 10.1. The van der Waals surface area contributed by atoms with Crippen molar-refractivity contribution >= 4 is 18.2 Å². The summed E-state index contributed by atoms with van der Waals surface area (Å²) in [5.41, 5.74) is 0. The fourth-order valence-corrected chi connectivity index (χ4v) is 0.671. The van der Waals surface area contributed by atoms with Gasteiger partial charge in [0.1, 0.15) is 0 Å². The average Bonchev–Trinajstić information content (AvgIpc) is 1.68. The summed E-state index contributed by atoms with van der Waals surface area (Å²) in [5.74, 6) is 0. The third-order valence-electron chi connectivity index (χ3n) is 0.447. The maximum Gasteiger partial charge on any atom is 1.00 e. The molecule has 0 aliphatic heterocycles. The summed E-state index contributed by atoms with van der Waals surface area (Å²) in [6.07, 6.45) is 1.46. The zero-order chi connectivity index (χ0) is 5.91. The Hall–Kier alpha value is 1.50. The van der Waals surface area contributed by atoms with Crippen molar-refractivity contribution in [1.29, 1.82) is 0 Å². The molecule has 0 aromatic heterocycles. The minimum absolute atomic E-state index is 0. The van der Waals surface area contributed by atoms with Gasteiger partial charge in [-0.05, 0) is 6.26 Å². The second kappa shape index (κ2) is 5.30. The van der Waals surface area contributed by atoms with Crippen LogP contribution in [0.15, 0.2) is 0 Å². The molecular weight excluding hydrogens is 158 g/mol. The van der Waals surface area contributed by atoms with Crippen LogP contribution in [0, 0.1) is 0 Å². The van der Waals surface area contributed by atoms with Gasteiger partial charge in [0, 0.05) is 7.11 Å². The molecular formula is C2H6NaO3PS. The maximum absolute atomic E-state index is 10.1. The van der Waals surface area contributed by atoms with Crippen LogP contribution < -0.4 is 34.5 Å². The summed E-state index contributed by atoms with van der Waals surface area (Å²) in [6.45, 7) is -3.49. The van der Waals surface area contributed by atoms with Crippen LogP contribution in [0.4, 0.5) is 0 Å². The second-order valence-electron chi connectivity index (χ2n) is 0.812. The third-order valence-corrected chi connectivity index (χ3v) is 3.13. The Labute approximate surface area is 74.8 Å². The first-order chi connectivity index (χ1) is 3.12. The molecule has 1 atom stereocenters. The molecule has 8 heavy (non-hydrogen) atoms. The molecule has 0 amide bonds. The molecule has 0 N–H and O–H groups in total. The molecule has 0 saturated carbocycles. The van der Waals surface area contributed by atoms with Crippen LogP contribution in [-0.2, 0) is 9.09 Å². The quantitative estimate of drug-likeness (QED) is 0.333. The fraction of sp³-hybridized carbons (Fsp3) is 1.00. The van der Waals surface area contributed by atoms with Crippen molar-refractivity contribution in [1.82, 2.24) is 0 Å². The fourth-order valence-electron chi connectivity index (χ4n) is 0.0745. The van der Waals surface area contributed by atoms with Crippen LogP contribution in [0.2, 0.25) is 0 Å². The molecule has 0 bridgehead atoms. The summed E-state index contributed by atoms with van der Waals surface area (Å²) < 4.78 is 14.2. The van der Waals surface area contributed by atoms with Crippen LogP contribution in [0.25, 0.3) is 0 Å². The topological polar surface area (TPSA) is 49.4 Å². The molecule has 0 aromatic carbocycles. The molecule has 44 valence electrons. The van der Waals surface area contributed by atoms with Crippen molar-refractivity contribution in [3.63, 3.8) is 0 Å². The standard InChI is InChI=1S/C2H7O3PS.Na/c1-5-6(3,4)7-2;/h1-2H3,(H,3,4);/q;+1/p-1. The van der Waals surface area contributed by atoms with Crippen LogP contribution in [0.5, 0.6) is 0 Å². The number of rotatable bonds is 2. The first-order valence-corrected chi connectivity index (χ1v) is 4.92. The summed E-state index contributed by atoms with van der Waals surface area (Å²) in [7, 11) is 1.14. The van der Waals surface area contributed by atoms with Gasteiger partial charge in [-0.25, -0.2) is 0 Å². The third kappa shape index (κ3) is 5.63. The number of hydrogen-bond acceptors (Lipinski definition) is 4. The van der Waals surface area contributed by atoms with E-state index in [0.29, 0.717) is 11.4 Å². The van der Waals surface area contributed by atoms with E-state index < -0.39 is 6.80 Å². The van der Waals surface area contributed by atoms with Crippen molar-refractivity contribution in [3.05, 3.63) is 0 Å². The smallest absolute Gasteiger partial charge is 0.770 e. The molecule has 1 unspecified atom stereocenters. The van der Waals surface area contributed by atoms with Gasteiger partial charge in [-0.1, -0.05) is 11.4 Å². The molecule has 0 heterocycles. The SMILES string of the molecule is COP(=O)([O-])SC.[Na+]. The van der Waals surface area contributed by atoms with E-state index in [2.05, 4.69) is 4.52 Å². The average molecular weight is 164 g/mol. The molecule has 3 nitrogen and oxygen atoms in total. The van der Waals surface area contributed by atoms with Crippen LogP contribution in [-0.4, -0.2) is 13.4 Å². The summed E-state index contributed by atoms with van der Waals surface area (Å²) >= 11 is 0.705. The van der Waals surface area contributed by atoms with Gasteiger partial charge in [-0.2, -0.15) is 0 Å². The molecule has 0 fully saturated rings. The Morgan fingerprint density at radius 2 is 2.12 bits per heavy atom. The van der Waals surface area contributed by atoms with Gasteiger partial charge in [0.05, 0.1) is 0 Å². The molecule has 0 spiro atoms. The molecule has 0 aromatic rings. The van der Waals surface area contributed by atoms with Gasteiger partial charge in [0.25, 0.3) is 0 Å². The van der Waals surface area contributed by atoms with Gasteiger partial charge >= 0.3 is 29.6 Å². The predicted octanol–water partition coefficient (Wildman–Crippen LogP) is -2.53. The van der Waals surface area contributed by atoms with E-state index in [4.69, 9.17) is 0 Å². The Balaban J connectivity index is 0. The summed E-state index contributed by atoms with van der Waals surface area (Å²) in [6, 6.07) is 0. The first kappa shape index (κ1) is 12.2. The zero-order valence-corrected chi connectivity index (χ0v) is 8.79. The first-order valence-electron chi connectivity index (χ1n) is 1.55. The summed E-state index contributed by atoms with van der Waals surface area (Å²) in [4.78, 5) is 10.1. The van der Waals surface area contributed by atoms with Gasteiger partial charge in [0.2, 0.25) is 0 Å². The van der Waals surface area contributed by atoms with Gasteiger partial charge in [-0.3, -0.25) is 4.57 Å². The predicted molar refractivity (Wildman–Crippen MR) is 28.1 cm³/mol. The van der Waals surface area contributed by atoms with E-state index in [-0.39, 0.29) is 29.6 Å². The van der Waals surface area contributed by atoms with E-state index in [1.54, 1.807) is 0 Å². The van der Waals surface area contributed by atoms with E-state index in [1.807, 2.05) is 0 Å². The van der Waals surface area contributed by atoms with Crippen LogP contribution in [0.3, 0.4) is 0 Å². The molecule has 0 aliphatic carbocycles. The monoisotopic (exact) mass is 164 g/mol. The molecule has 6 heteroatoms. The van der Waals surface area contributed by atoms with E-state index >= 15 is 0 Å². The summed E-state index contributed by atoms with van der Waals surface area (Å²) in [5, 5.41) is 0. The van der Waals surface area contributed by atoms with Crippen LogP contribution >= 0.6 is 18.2 Å². The van der Waals surface area contributed by atoms with Crippen molar-refractivity contribution in [3.8, 4) is 0 Å². The van der Waals surface area contributed by atoms with E-state index in [9.17, 15) is 9.46 Å². The molecule has 0 aliphatic rings. The van der Waals surface area contributed by atoms with E-state index in [1.165, 1.54) is 6.26 Å². The van der Waals surface area contributed by atoms with E-state index in [0.717, 1.165) is 7.11 Å². The number of hydrogen-bond donors (Lipinski definition) is 0. The zero-order valence-electron chi connectivity index (χ0n) is 5.08. The van der Waals surface area contributed by atoms with Crippen molar-refractivity contribution < 1.29 is 43.5 Å². The van der Waals surface area contributed by atoms with Gasteiger partial charge in [0.15, 0.2) is 6.80 Å².